The normalized spacial score (nSPS) is 11.4. The van der Waals surface area contributed by atoms with Gasteiger partial charge in [0, 0.05) is 35.8 Å². The fraction of sp³-hybridized carbons (Fsp3) is 0.118. The van der Waals surface area contributed by atoms with Gasteiger partial charge in [-0.15, -0.1) is 0 Å². The first-order chi connectivity index (χ1) is 10.6. The van der Waals surface area contributed by atoms with Crippen molar-refractivity contribution < 1.29 is 9.90 Å². The first-order valence-corrected chi connectivity index (χ1v) is 6.86. The fourth-order valence-electron chi connectivity index (χ4n) is 2.64. The number of carboxylic acids is 1. The van der Waals surface area contributed by atoms with Crippen molar-refractivity contribution in [2.75, 3.05) is 0 Å². The van der Waals surface area contributed by atoms with Gasteiger partial charge in [0.25, 0.3) is 0 Å². The van der Waals surface area contributed by atoms with E-state index in [0.29, 0.717) is 0 Å². The topological polar surface area (TPSA) is 68.0 Å². The molecule has 0 spiro atoms. The zero-order chi connectivity index (χ0) is 15.7. The van der Waals surface area contributed by atoms with E-state index < -0.39 is 5.97 Å². The highest BCUT2D eigenvalue weighted by Gasteiger charge is 2.16. The van der Waals surface area contributed by atoms with Gasteiger partial charge in [-0.05, 0) is 19.1 Å². The number of benzene rings is 1. The van der Waals surface area contributed by atoms with Crippen molar-refractivity contribution in [3.63, 3.8) is 0 Å². The van der Waals surface area contributed by atoms with Gasteiger partial charge >= 0.3 is 5.97 Å². The number of carbonyl (C=O) groups is 1. The molecule has 0 fully saturated rings. The van der Waals surface area contributed by atoms with Crippen molar-refractivity contribution in [1.29, 1.82) is 0 Å². The zero-order valence-corrected chi connectivity index (χ0v) is 12.3. The first kappa shape index (κ1) is 14.0. The summed E-state index contributed by atoms with van der Waals surface area (Å²) in [6.45, 7) is 1.86. The van der Waals surface area contributed by atoms with E-state index in [4.69, 9.17) is 5.11 Å². The van der Waals surface area contributed by atoms with Crippen LogP contribution in [0.4, 0.5) is 0 Å². The van der Waals surface area contributed by atoms with Crippen LogP contribution >= 0.6 is 0 Å². The summed E-state index contributed by atoms with van der Waals surface area (Å²) < 4.78 is 1.76. The maximum absolute atomic E-state index is 10.8. The third-order valence-corrected chi connectivity index (χ3v) is 3.55. The van der Waals surface area contributed by atoms with Gasteiger partial charge in [-0.1, -0.05) is 24.3 Å². The van der Waals surface area contributed by atoms with Crippen LogP contribution in [0.15, 0.2) is 42.6 Å². The lowest BCUT2D eigenvalue weighted by Gasteiger charge is -2.07. The Morgan fingerprint density at radius 1 is 1.27 bits per heavy atom. The van der Waals surface area contributed by atoms with Crippen LogP contribution in [0.2, 0.25) is 0 Å². The zero-order valence-electron chi connectivity index (χ0n) is 12.3. The summed E-state index contributed by atoms with van der Waals surface area (Å²) >= 11 is 0. The number of aryl methyl sites for hydroxylation is 2. The van der Waals surface area contributed by atoms with Crippen molar-refractivity contribution in [2.45, 2.75) is 6.92 Å². The molecule has 5 nitrogen and oxygen atoms in total. The molecule has 1 aromatic carbocycles. The highest BCUT2D eigenvalue weighted by Crippen LogP contribution is 2.31. The standard InChI is InChI=1S/C17H15N3O2/c1-11-13(8-9-15(21)22)17(20(2)19-11)14-7-3-5-12-6-4-10-18-16(12)14/h3-10H,1-2H3,(H,21,22)/b9-8+. The van der Waals surface area contributed by atoms with E-state index >= 15 is 0 Å². The minimum absolute atomic E-state index is 0.780. The summed E-state index contributed by atoms with van der Waals surface area (Å²) in [4.78, 5) is 15.3. The van der Waals surface area contributed by atoms with Crippen molar-refractivity contribution in [1.82, 2.24) is 14.8 Å². The molecule has 5 heteroatoms. The Hall–Kier alpha value is -2.95. The number of nitrogens with zero attached hydrogens (tertiary/aromatic N) is 3. The van der Waals surface area contributed by atoms with Gasteiger partial charge in [-0.25, -0.2) is 4.79 Å². The summed E-state index contributed by atoms with van der Waals surface area (Å²) in [5.74, 6) is -0.981. The molecule has 0 aliphatic carbocycles. The van der Waals surface area contributed by atoms with E-state index in [2.05, 4.69) is 10.1 Å². The van der Waals surface area contributed by atoms with Crippen LogP contribution in [0.1, 0.15) is 11.3 Å². The van der Waals surface area contributed by atoms with Crippen LogP contribution in [0.5, 0.6) is 0 Å². The monoisotopic (exact) mass is 293 g/mol. The molecule has 3 rings (SSSR count). The van der Waals surface area contributed by atoms with Crippen molar-refractivity contribution in [3.05, 3.63) is 53.9 Å². The van der Waals surface area contributed by atoms with E-state index in [1.165, 1.54) is 0 Å². The number of aromatic nitrogens is 3. The Labute approximate surface area is 127 Å². The van der Waals surface area contributed by atoms with Crippen molar-refractivity contribution in [2.24, 2.45) is 7.05 Å². The molecule has 110 valence electrons. The molecule has 2 heterocycles. The van der Waals surface area contributed by atoms with Gasteiger partial charge in [0.05, 0.1) is 16.9 Å². The fourth-order valence-corrected chi connectivity index (χ4v) is 2.64. The molecule has 0 amide bonds. The van der Waals surface area contributed by atoms with E-state index in [0.717, 1.165) is 39.5 Å². The SMILES string of the molecule is Cc1nn(C)c(-c2cccc3cccnc23)c1/C=C/C(=O)O. The number of carboxylic acid groups (broad SMARTS) is 1. The molecule has 0 unspecified atom stereocenters. The number of rotatable bonds is 3. The van der Waals surface area contributed by atoms with Crippen LogP contribution < -0.4 is 0 Å². The quantitative estimate of drug-likeness (QED) is 0.754. The second-order valence-electron chi connectivity index (χ2n) is 5.02. The highest BCUT2D eigenvalue weighted by atomic mass is 16.4. The summed E-state index contributed by atoms with van der Waals surface area (Å²) in [5.41, 5.74) is 4.24. The lowest BCUT2D eigenvalue weighted by Crippen LogP contribution is -1.96. The first-order valence-electron chi connectivity index (χ1n) is 6.86. The van der Waals surface area contributed by atoms with Gasteiger partial charge in [-0.3, -0.25) is 9.67 Å². The number of para-hydroxylation sites is 1. The Balaban J connectivity index is 2.29. The van der Waals surface area contributed by atoms with Crippen molar-refractivity contribution in [3.8, 4) is 11.3 Å². The Kier molecular flexibility index (Phi) is 3.47. The average molecular weight is 293 g/mol. The molecule has 0 atom stereocenters. The molecule has 0 aliphatic rings. The third kappa shape index (κ3) is 2.37. The van der Waals surface area contributed by atoms with Crippen LogP contribution in [-0.2, 0) is 11.8 Å². The van der Waals surface area contributed by atoms with E-state index in [1.54, 1.807) is 17.0 Å². The highest BCUT2D eigenvalue weighted by molar-refractivity contribution is 5.96. The van der Waals surface area contributed by atoms with Crippen LogP contribution in [0.25, 0.3) is 28.2 Å². The molecule has 22 heavy (non-hydrogen) atoms. The van der Waals surface area contributed by atoms with E-state index in [-0.39, 0.29) is 0 Å². The summed E-state index contributed by atoms with van der Waals surface area (Å²) in [6, 6.07) is 9.84. The van der Waals surface area contributed by atoms with Gasteiger partial charge in [-0.2, -0.15) is 5.10 Å². The molecule has 0 saturated heterocycles. The minimum Gasteiger partial charge on any atom is -0.478 e. The summed E-state index contributed by atoms with van der Waals surface area (Å²) in [7, 11) is 1.85. The lowest BCUT2D eigenvalue weighted by molar-refractivity contribution is -0.131. The maximum Gasteiger partial charge on any atom is 0.328 e. The Morgan fingerprint density at radius 3 is 2.82 bits per heavy atom. The Morgan fingerprint density at radius 2 is 2.05 bits per heavy atom. The molecule has 0 saturated carbocycles. The molecular formula is C17H15N3O2. The average Bonchev–Trinajstić information content (AvgIpc) is 2.78. The number of hydrogen-bond donors (Lipinski definition) is 1. The number of aliphatic carboxylic acids is 1. The third-order valence-electron chi connectivity index (χ3n) is 3.55. The predicted octanol–water partition coefficient (Wildman–Crippen LogP) is 3.04. The molecule has 0 aliphatic heterocycles. The van der Waals surface area contributed by atoms with Gasteiger partial charge in [0.1, 0.15) is 0 Å². The molecule has 2 aromatic heterocycles. The molecule has 3 aromatic rings. The second-order valence-corrected chi connectivity index (χ2v) is 5.02. The summed E-state index contributed by atoms with van der Waals surface area (Å²) in [5, 5.41) is 14.3. The number of pyridine rings is 1. The largest absolute Gasteiger partial charge is 0.478 e. The Bertz CT molecular complexity index is 889. The number of hydrogen-bond acceptors (Lipinski definition) is 3. The molecule has 0 radical (unpaired) electrons. The lowest BCUT2D eigenvalue weighted by atomic mass is 10.0. The predicted molar refractivity (Wildman–Crippen MR) is 85.4 cm³/mol. The van der Waals surface area contributed by atoms with E-state index in [9.17, 15) is 4.79 Å². The smallest absolute Gasteiger partial charge is 0.328 e. The van der Waals surface area contributed by atoms with E-state index in [1.807, 2.05) is 44.3 Å². The molecule has 0 bridgehead atoms. The summed E-state index contributed by atoms with van der Waals surface area (Å²) in [6.07, 6.45) is 4.47. The van der Waals surface area contributed by atoms with Gasteiger partial charge in [0.15, 0.2) is 0 Å². The van der Waals surface area contributed by atoms with Gasteiger partial charge in [0.2, 0.25) is 0 Å². The minimum atomic E-state index is -0.981. The molecule has 1 N–H and O–H groups in total. The van der Waals surface area contributed by atoms with Crippen LogP contribution in [0, 0.1) is 6.92 Å². The van der Waals surface area contributed by atoms with Crippen LogP contribution in [-0.4, -0.2) is 25.8 Å². The second kappa shape index (κ2) is 5.44. The number of fused-ring (bicyclic) bond motifs is 1. The maximum atomic E-state index is 10.8. The van der Waals surface area contributed by atoms with Crippen LogP contribution in [0.3, 0.4) is 0 Å². The van der Waals surface area contributed by atoms with Crippen molar-refractivity contribution >= 4 is 22.9 Å². The van der Waals surface area contributed by atoms with Gasteiger partial charge < -0.3 is 5.11 Å². The molecular weight excluding hydrogens is 278 g/mol.